The molecule has 0 spiro atoms. The highest BCUT2D eigenvalue weighted by atomic mass is 127. The van der Waals surface area contributed by atoms with Crippen LogP contribution in [-0.2, 0) is 6.42 Å². The molecule has 0 saturated carbocycles. The third kappa shape index (κ3) is 3.42. The van der Waals surface area contributed by atoms with Crippen molar-refractivity contribution in [2.45, 2.75) is 23.1 Å². The van der Waals surface area contributed by atoms with Gasteiger partial charge in [-0.3, -0.25) is 0 Å². The molecule has 0 atom stereocenters. The van der Waals surface area contributed by atoms with Crippen molar-refractivity contribution < 1.29 is 4.74 Å². The monoisotopic (exact) mass is 370 g/mol. The second kappa shape index (κ2) is 6.48. The van der Waals surface area contributed by atoms with Crippen LogP contribution in [0.4, 0.5) is 0 Å². The molecule has 1 nitrogen and oxygen atoms in total. The van der Waals surface area contributed by atoms with Gasteiger partial charge in [-0.05, 0) is 64.9 Å². The van der Waals surface area contributed by atoms with Crippen molar-refractivity contribution in [3.8, 4) is 5.75 Å². The smallest absolute Gasteiger partial charge is 0.119 e. The summed E-state index contributed by atoms with van der Waals surface area (Å²) >= 11 is 4.14. The van der Waals surface area contributed by atoms with Gasteiger partial charge in [-0.25, -0.2) is 0 Å². The highest BCUT2D eigenvalue weighted by Gasteiger charge is 2.04. The molecule has 0 aromatic heterocycles. The lowest BCUT2D eigenvalue weighted by Gasteiger charge is -2.07. The molecule has 0 N–H and O–H groups in total. The van der Waals surface area contributed by atoms with Gasteiger partial charge in [0.2, 0.25) is 0 Å². The normalized spacial score (nSPS) is 10.4. The van der Waals surface area contributed by atoms with Gasteiger partial charge in [0.05, 0.1) is 7.11 Å². The molecule has 0 saturated heterocycles. The maximum absolute atomic E-state index is 5.22. The van der Waals surface area contributed by atoms with Crippen LogP contribution in [0.5, 0.6) is 5.75 Å². The van der Waals surface area contributed by atoms with Gasteiger partial charge in [-0.2, -0.15) is 0 Å². The minimum Gasteiger partial charge on any atom is -0.497 e. The molecule has 0 aliphatic heterocycles. The Labute approximate surface area is 126 Å². The number of hydrogen-bond acceptors (Lipinski definition) is 2. The fraction of sp³-hybridized carbons (Fsp3) is 0.200. The van der Waals surface area contributed by atoms with E-state index in [1.165, 1.54) is 18.9 Å². The lowest BCUT2D eigenvalue weighted by atomic mass is 10.2. The van der Waals surface area contributed by atoms with Gasteiger partial charge in [0, 0.05) is 13.4 Å². The molecule has 2 aromatic carbocycles. The maximum atomic E-state index is 5.22. The van der Waals surface area contributed by atoms with Gasteiger partial charge in [0.25, 0.3) is 0 Å². The largest absolute Gasteiger partial charge is 0.497 e. The van der Waals surface area contributed by atoms with Crippen molar-refractivity contribution in [2.75, 3.05) is 7.11 Å². The van der Waals surface area contributed by atoms with Gasteiger partial charge in [0.15, 0.2) is 0 Å². The molecule has 0 unspecified atom stereocenters. The van der Waals surface area contributed by atoms with Crippen molar-refractivity contribution in [3.63, 3.8) is 0 Å². The molecular weight excluding hydrogens is 355 g/mol. The summed E-state index contributed by atoms with van der Waals surface area (Å²) in [7, 11) is 1.70. The second-order valence-corrected chi connectivity index (χ2v) is 6.17. The Morgan fingerprint density at radius 3 is 2.39 bits per heavy atom. The predicted molar refractivity (Wildman–Crippen MR) is 85.7 cm³/mol. The zero-order chi connectivity index (χ0) is 13.0. The number of hydrogen-bond donors (Lipinski definition) is 0. The third-order valence-corrected chi connectivity index (χ3v) is 5.04. The highest BCUT2D eigenvalue weighted by Crippen LogP contribution is 2.33. The van der Waals surface area contributed by atoms with Crippen molar-refractivity contribution in [3.05, 3.63) is 51.6 Å². The molecule has 0 radical (unpaired) electrons. The first-order chi connectivity index (χ1) is 8.72. The van der Waals surface area contributed by atoms with Crippen molar-refractivity contribution in [1.82, 2.24) is 0 Å². The Morgan fingerprint density at radius 2 is 1.83 bits per heavy atom. The number of rotatable bonds is 4. The van der Waals surface area contributed by atoms with E-state index in [2.05, 4.69) is 65.9 Å². The summed E-state index contributed by atoms with van der Waals surface area (Å²) in [5.41, 5.74) is 1.38. The number of halogens is 1. The molecule has 2 rings (SSSR count). The fourth-order valence-electron chi connectivity index (χ4n) is 1.61. The minimum absolute atomic E-state index is 0.907. The third-order valence-electron chi connectivity index (χ3n) is 2.70. The second-order valence-electron chi connectivity index (χ2n) is 3.90. The van der Waals surface area contributed by atoms with E-state index in [4.69, 9.17) is 4.74 Å². The van der Waals surface area contributed by atoms with Crippen molar-refractivity contribution in [2.24, 2.45) is 0 Å². The van der Waals surface area contributed by atoms with E-state index in [1.54, 1.807) is 18.9 Å². The Balaban J connectivity index is 2.17. The van der Waals surface area contributed by atoms with Crippen LogP contribution in [0, 0.1) is 3.57 Å². The van der Waals surface area contributed by atoms with Crippen molar-refractivity contribution in [1.29, 1.82) is 0 Å². The molecular formula is C15H15IOS. The van der Waals surface area contributed by atoms with Crippen LogP contribution >= 0.6 is 34.4 Å². The number of methoxy groups -OCH3 is 1. The van der Waals surface area contributed by atoms with E-state index >= 15 is 0 Å². The Bertz CT molecular complexity index is 523. The average Bonchev–Trinajstić information content (AvgIpc) is 2.42. The van der Waals surface area contributed by atoms with E-state index in [9.17, 15) is 0 Å². The molecule has 0 aliphatic carbocycles. The van der Waals surface area contributed by atoms with Crippen molar-refractivity contribution >= 4 is 34.4 Å². The minimum atomic E-state index is 0.907. The summed E-state index contributed by atoms with van der Waals surface area (Å²) in [5, 5.41) is 0. The Hall–Kier alpha value is -0.680. The van der Waals surface area contributed by atoms with Gasteiger partial charge < -0.3 is 4.74 Å². The van der Waals surface area contributed by atoms with E-state index in [-0.39, 0.29) is 0 Å². The lowest BCUT2D eigenvalue weighted by molar-refractivity contribution is 0.414. The van der Waals surface area contributed by atoms with E-state index in [0.717, 1.165) is 12.2 Å². The van der Waals surface area contributed by atoms with Crippen LogP contribution in [-0.4, -0.2) is 7.11 Å². The first kappa shape index (κ1) is 13.7. The lowest BCUT2D eigenvalue weighted by Crippen LogP contribution is -1.85. The van der Waals surface area contributed by atoms with E-state index < -0.39 is 0 Å². The average molecular weight is 370 g/mol. The molecule has 94 valence electrons. The van der Waals surface area contributed by atoms with E-state index in [0.29, 0.717) is 0 Å². The van der Waals surface area contributed by atoms with Crippen LogP contribution in [0.15, 0.2) is 52.3 Å². The molecule has 0 bridgehead atoms. The standard InChI is InChI=1S/C15H15IOS/c1-3-11-4-7-13(8-5-11)18-15-9-6-12(17-2)10-14(15)16/h4-10H,3H2,1-2H3. The topological polar surface area (TPSA) is 9.23 Å². The summed E-state index contributed by atoms with van der Waals surface area (Å²) in [6, 6.07) is 14.9. The van der Waals surface area contributed by atoms with Crippen LogP contribution in [0.25, 0.3) is 0 Å². The summed E-state index contributed by atoms with van der Waals surface area (Å²) in [4.78, 5) is 2.54. The van der Waals surface area contributed by atoms with Gasteiger partial charge in [-0.15, -0.1) is 0 Å². The summed E-state index contributed by atoms with van der Waals surface area (Å²) in [6.45, 7) is 2.18. The first-order valence-corrected chi connectivity index (χ1v) is 7.72. The zero-order valence-corrected chi connectivity index (χ0v) is 13.4. The fourth-order valence-corrected chi connectivity index (χ4v) is 3.25. The maximum Gasteiger partial charge on any atom is 0.119 e. The molecule has 0 aliphatic rings. The molecule has 0 heterocycles. The van der Waals surface area contributed by atoms with E-state index in [1.807, 2.05) is 6.07 Å². The molecule has 18 heavy (non-hydrogen) atoms. The Morgan fingerprint density at radius 1 is 1.11 bits per heavy atom. The molecule has 3 heteroatoms. The number of benzene rings is 2. The summed E-state index contributed by atoms with van der Waals surface area (Å²) in [5.74, 6) is 0.907. The molecule has 0 amide bonds. The van der Waals surface area contributed by atoms with Gasteiger partial charge in [-0.1, -0.05) is 30.8 Å². The summed E-state index contributed by atoms with van der Waals surface area (Å²) < 4.78 is 6.44. The van der Waals surface area contributed by atoms with Gasteiger partial charge in [0.1, 0.15) is 5.75 Å². The van der Waals surface area contributed by atoms with Gasteiger partial charge >= 0.3 is 0 Å². The number of aryl methyl sites for hydroxylation is 1. The Kier molecular flexibility index (Phi) is 4.95. The highest BCUT2D eigenvalue weighted by molar-refractivity contribution is 14.1. The van der Waals surface area contributed by atoms with Crippen LogP contribution in [0.3, 0.4) is 0 Å². The predicted octanol–water partition coefficient (Wildman–Crippen LogP) is 5.01. The SMILES string of the molecule is CCc1ccc(Sc2ccc(OC)cc2I)cc1. The zero-order valence-electron chi connectivity index (χ0n) is 10.4. The first-order valence-electron chi connectivity index (χ1n) is 5.83. The quantitative estimate of drug-likeness (QED) is 0.700. The summed E-state index contributed by atoms with van der Waals surface area (Å²) in [6.07, 6.45) is 1.09. The number of ether oxygens (including phenoxy) is 1. The van der Waals surface area contributed by atoms with Crippen LogP contribution in [0.2, 0.25) is 0 Å². The van der Waals surface area contributed by atoms with Crippen LogP contribution in [0.1, 0.15) is 12.5 Å². The molecule has 0 fully saturated rings. The van der Waals surface area contributed by atoms with Crippen LogP contribution < -0.4 is 4.74 Å². The molecule has 2 aromatic rings.